The van der Waals surface area contributed by atoms with E-state index in [2.05, 4.69) is 20.6 Å². The topological polar surface area (TPSA) is 92.9 Å². The Morgan fingerprint density at radius 1 is 1.56 bits per heavy atom. The molecule has 0 aliphatic rings. The van der Waals surface area contributed by atoms with Crippen molar-refractivity contribution in [2.45, 2.75) is 32.7 Å². The number of rotatable bonds is 6. The zero-order valence-corrected chi connectivity index (χ0v) is 11.3. The van der Waals surface area contributed by atoms with Crippen molar-refractivity contribution in [1.29, 1.82) is 0 Å². The van der Waals surface area contributed by atoms with Crippen molar-refractivity contribution in [3.63, 3.8) is 0 Å². The van der Waals surface area contributed by atoms with Gasteiger partial charge >= 0.3 is 0 Å². The van der Waals surface area contributed by atoms with Crippen molar-refractivity contribution in [2.75, 3.05) is 17.6 Å². The highest BCUT2D eigenvalue weighted by molar-refractivity contribution is 6.29. The van der Waals surface area contributed by atoms with E-state index in [0.717, 1.165) is 6.42 Å². The molecule has 1 rings (SSSR count). The number of nitrogens with zero attached hydrogens (tertiary/aromatic N) is 2. The van der Waals surface area contributed by atoms with Gasteiger partial charge in [0.15, 0.2) is 0 Å². The number of nitrogens with two attached hydrogens (primary N) is 1. The number of halogens is 1. The van der Waals surface area contributed by atoms with E-state index in [1.165, 1.54) is 0 Å². The highest BCUT2D eigenvalue weighted by Gasteiger charge is 2.05. The molecule has 0 bridgehead atoms. The molecule has 1 unspecified atom stereocenters. The number of aromatic nitrogens is 2. The van der Waals surface area contributed by atoms with E-state index >= 15 is 0 Å². The third-order valence-electron chi connectivity index (χ3n) is 2.39. The Bertz CT molecular complexity index is 392. The van der Waals surface area contributed by atoms with Gasteiger partial charge in [0, 0.05) is 25.1 Å². The number of nitrogens with one attached hydrogen (secondary N) is 2. The number of carbonyl (C=O) groups is 1. The van der Waals surface area contributed by atoms with E-state index in [4.69, 9.17) is 17.3 Å². The average molecular weight is 272 g/mol. The Labute approximate surface area is 111 Å². The molecule has 0 fully saturated rings. The highest BCUT2D eigenvalue weighted by Crippen LogP contribution is 2.12. The summed E-state index contributed by atoms with van der Waals surface area (Å²) in [6.07, 6.45) is 1.28. The maximum atomic E-state index is 11.5. The molecule has 6 nitrogen and oxygen atoms in total. The molecule has 0 radical (unpaired) electrons. The van der Waals surface area contributed by atoms with Gasteiger partial charge in [0.1, 0.15) is 11.0 Å². The van der Waals surface area contributed by atoms with Crippen molar-refractivity contribution in [2.24, 2.45) is 0 Å². The van der Waals surface area contributed by atoms with Crippen molar-refractivity contribution in [1.82, 2.24) is 15.3 Å². The van der Waals surface area contributed by atoms with Gasteiger partial charge in [-0.25, -0.2) is 4.98 Å². The van der Waals surface area contributed by atoms with E-state index in [1.54, 1.807) is 6.07 Å². The van der Waals surface area contributed by atoms with Crippen molar-refractivity contribution in [3.05, 3.63) is 11.2 Å². The lowest BCUT2D eigenvalue weighted by Crippen LogP contribution is -2.33. The number of carbonyl (C=O) groups excluding carboxylic acids is 1. The largest absolute Gasteiger partial charge is 0.369 e. The van der Waals surface area contributed by atoms with Crippen LogP contribution < -0.4 is 16.4 Å². The molecule has 1 aromatic rings. The lowest BCUT2D eigenvalue weighted by atomic mass is 10.2. The van der Waals surface area contributed by atoms with Gasteiger partial charge in [-0.05, 0) is 13.3 Å². The molecule has 0 aromatic carbocycles. The van der Waals surface area contributed by atoms with Crippen molar-refractivity contribution < 1.29 is 4.79 Å². The number of amides is 1. The standard InChI is InChI=1S/C11H18ClN5O/c1-3-7(2)15-10(18)4-5-14-9-6-8(12)16-11(13)17-9/h6-7H,3-5H2,1-2H3,(H,15,18)(H3,13,14,16,17). The van der Waals surface area contributed by atoms with Crippen LogP contribution >= 0.6 is 11.6 Å². The Balaban J connectivity index is 2.35. The molecule has 18 heavy (non-hydrogen) atoms. The molecule has 0 aliphatic heterocycles. The molecule has 0 saturated heterocycles. The van der Waals surface area contributed by atoms with Gasteiger partial charge in [0.05, 0.1) is 0 Å². The predicted molar refractivity (Wildman–Crippen MR) is 72.5 cm³/mol. The molecular formula is C11H18ClN5O. The first-order chi connectivity index (χ1) is 8.51. The summed E-state index contributed by atoms with van der Waals surface area (Å²) in [4.78, 5) is 19.2. The minimum absolute atomic E-state index is 0.00461. The second-order valence-electron chi connectivity index (χ2n) is 3.99. The SMILES string of the molecule is CCC(C)NC(=O)CCNc1cc(Cl)nc(N)n1. The molecule has 7 heteroatoms. The van der Waals surface area contributed by atoms with Crippen LogP contribution in [-0.4, -0.2) is 28.5 Å². The summed E-state index contributed by atoms with van der Waals surface area (Å²) in [5.74, 6) is 0.628. The Hall–Kier alpha value is -1.56. The summed E-state index contributed by atoms with van der Waals surface area (Å²) in [7, 11) is 0. The molecule has 4 N–H and O–H groups in total. The average Bonchev–Trinajstić information content (AvgIpc) is 2.27. The molecule has 0 aliphatic carbocycles. The minimum Gasteiger partial charge on any atom is -0.369 e. The fraction of sp³-hybridized carbons (Fsp3) is 0.545. The van der Waals surface area contributed by atoms with Gasteiger partial charge in [-0.3, -0.25) is 4.79 Å². The van der Waals surface area contributed by atoms with Gasteiger partial charge < -0.3 is 16.4 Å². The Kier molecular flexibility index (Phi) is 5.64. The molecule has 0 saturated carbocycles. The normalized spacial score (nSPS) is 11.9. The summed E-state index contributed by atoms with van der Waals surface area (Å²) in [6, 6.07) is 1.76. The van der Waals surface area contributed by atoms with E-state index in [-0.39, 0.29) is 23.1 Å². The van der Waals surface area contributed by atoms with Crippen LogP contribution in [0.2, 0.25) is 5.15 Å². The third kappa shape index (κ3) is 5.18. The molecule has 1 atom stereocenters. The van der Waals surface area contributed by atoms with Crippen LogP contribution in [0.1, 0.15) is 26.7 Å². The third-order valence-corrected chi connectivity index (χ3v) is 2.58. The second-order valence-corrected chi connectivity index (χ2v) is 4.37. The molecule has 1 amide bonds. The predicted octanol–water partition coefficient (Wildman–Crippen LogP) is 1.43. The smallest absolute Gasteiger partial charge is 0.223 e. The maximum absolute atomic E-state index is 11.5. The van der Waals surface area contributed by atoms with Gasteiger partial charge in [-0.2, -0.15) is 4.98 Å². The number of anilines is 2. The first-order valence-corrected chi connectivity index (χ1v) is 6.22. The maximum Gasteiger partial charge on any atom is 0.223 e. The number of nitrogen functional groups attached to an aromatic ring is 1. The molecule has 1 heterocycles. The summed E-state index contributed by atoms with van der Waals surface area (Å²) >= 11 is 5.73. The zero-order chi connectivity index (χ0) is 13.5. The molecule has 100 valence electrons. The lowest BCUT2D eigenvalue weighted by Gasteiger charge is -2.11. The summed E-state index contributed by atoms with van der Waals surface area (Å²) in [5.41, 5.74) is 5.45. The highest BCUT2D eigenvalue weighted by atomic mass is 35.5. The first-order valence-electron chi connectivity index (χ1n) is 5.84. The van der Waals surface area contributed by atoms with Crippen molar-refractivity contribution >= 4 is 29.3 Å². The van der Waals surface area contributed by atoms with Gasteiger partial charge in [0.2, 0.25) is 11.9 Å². The van der Waals surface area contributed by atoms with Crippen LogP contribution in [0.4, 0.5) is 11.8 Å². The Morgan fingerprint density at radius 3 is 2.89 bits per heavy atom. The fourth-order valence-corrected chi connectivity index (χ4v) is 1.47. The van der Waals surface area contributed by atoms with E-state index in [0.29, 0.717) is 18.8 Å². The van der Waals surface area contributed by atoms with Crippen LogP contribution in [-0.2, 0) is 4.79 Å². The van der Waals surface area contributed by atoms with Gasteiger partial charge in [-0.15, -0.1) is 0 Å². The zero-order valence-electron chi connectivity index (χ0n) is 10.5. The van der Waals surface area contributed by atoms with Gasteiger partial charge in [-0.1, -0.05) is 18.5 Å². The fourth-order valence-electron chi connectivity index (χ4n) is 1.28. The van der Waals surface area contributed by atoms with E-state index in [1.807, 2.05) is 13.8 Å². The minimum atomic E-state index is 0.00461. The second kappa shape index (κ2) is 7.00. The van der Waals surface area contributed by atoms with Crippen LogP contribution in [0.5, 0.6) is 0 Å². The van der Waals surface area contributed by atoms with Gasteiger partial charge in [0.25, 0.3) is 0 Å². The summed E-state index contributed by atoms with van der Waals surface area (Å²) < 4.78 is 0. The first kappa shape index (κ1) is 14.5. The summed E-state index contributed by atoms with van der Waals surface area (Å²) in [5, 5.41) is 6.12. The molecule has 1 aromatic heterocycles. The van der Waals surface area contributed by atoms with E-state index in [9.17, 15) is 4.79 Å². The summed E-state index contributed by atoms with van der Waals surface area (Å²) in [6.45, 7) is 4.46. The monoisotopic (exact) mass is 271 g/mol. The quantitative estimate of drug-likeness (QED) is 0.681. The molecular weight excluding hydrogens is 254 g/mol. The van der Waals surface area contributed by atoms with Crippen molar-refractivity contribution in [3.8, 4) is 0 Å². The van der Waals surface area contributed by atoms with Crippen LogP contribution in [0, 0.1) is 0 Å². The van der Waals surface area contributed by atoms with Crippen LogP contribution in [0.3, 0.4) is 0 Å². The molecule has 0 spiro atoms. The number of hydrogen-bond acceptors (Lipinski definition) is 5. The van der Waals surface area contributed by atoms with E-state index < -0.39 is 0 Å². The lowest BCUT2D eigenvalue weighted by molar-refractivity contribution is -0.121. The van der Waals surface area contributed by atoms with Crippen LogP contribution in [0.15, 0.2) is 6.07 Å². The Morgan fingerprint density at radius 2 is 2.28 bits per heavy atom. The number of hydrogen-bond donors (Lipinski definition) is 3. The van der Waals surface area contributed by atoms with Crippen LogP contribution in [0.25, 0.3) is 0 Å².